The van der Waals surface area contributed by atoms with Crippen LogP contribution in [-0.2, 0) is 11.2 Å². The minimum absolute atomic E-state index is 0.167. The van der Waals surface area contributed by atoms with Crippen LogP contribution >= 0.6 is 0 Å². The minimum atomic E-state index is -0.532. The normalized spacial score (nSPS) is 10.6. The Morgan fingerprint density at radius 2 is 2.09 bits per heavy atom. The summed E-state index contributed by atoms with van der Waals surface area (Å²) in [7, 11) is 0. The number of nitrogens with one attached hydrogen (secondary N) is 2. The zero-order valence-electron chi connectivity index (χ0n) is 12.2. The Balaban J connectivity index is 1.61. The van der Waals surface area contributed by atoms with Gasteiger partial charge in [0.1, 0.15) is 5.82 Å². The Morgan fingerprint density at radius 3 is 2.87 bits per heavy atom. The topological polar surface area (TPSA) is 114 Å². The smallest absolute Gasteiger partial charge is 0.248 e. The van der Waals surface area contributed by atoms with Gasteiger partial charge < -0.3 is 16.0 Å². The largest absolute Gasteiger partial charge is 0.366 e. The summed E-state index contributed by atoms with van der Waals surface area (Å²) < 4.78 is 0. The average molecular weight is 309 g/mol. The number of anilines is 1. The maximum atomic E-state index is 12.0. The van der Waals surface area contributed by atoms with Crippen LogP contribution in [0.2, 0.25) is 0 Å². The molecule has 0 unspecified atom stereocenters. The average Bonchev–Trinajstić information content (AvgIpc) is 2.96. The molecule has 0 fully saturated rings. The van der Waals surface area contributed by atoms with Crippen LogP contribution in [0.5, 0.6) is 0 Å². The van der Waals surface area contributed by atoms with Gasteiger partial charge in [0.15, 0.2) is 5.65 Å². The number of rotatable bonds is 5. The summed E-state index contributed by atoms with van der Waals surface area (Å²) in [5.41, 5.74) is 7.59. The fourth-order valence-electron chi connectivity index (χ4n) is 2.22. The number of H-pyrrole nitrogens is 1. The van der Waals surface area contributed by atoms with E-state index in [1.807, 2.05) is 12.1 Å². The molecular formula is C16H15N5O2. The highest BCUT2D eigenvalue weighted by atomic mass is 16.2. The molecule has 2 amide bonds. The number of carbonyl (C=O) groups is 2. The van der Waals surface area contributed by atoms with E-state index in [-0.39, 0.29) is 12.3 Å². The molecule has 0 radical (unpaired) electrons. The van der Waals surface area contributed by atoms with Crippen molar-refractivity contribution in [1.29, 1.82) is 0 Å². The van der Waals surface area contributed by atoms with E-state index < -0.39 is 5.91 Å². The summed E-state index contributed by atoms with van der Waals surface area (Å²) in [6.45, 7) is 0. The van der Waals surface area contributed by atoms with Crippen LogP contribution in [-0.4, -0.2) is 26.8 Å². The predicted molar refractivity (Wildman–Crippen MR) is 85.8 cm³/mol. The summed E-state index contributed by atoms with van der Waals surface area (Å²) in [5, 5.41) is 2.74. The third-order valence-electron chi connectivity index (χ3n) is 3.33. The first kappa shape index (κ1) is 14.7. The predicted octanol–water partition coefficient (Wildman–Crippen LogP) is 1.63. The Bertz CT molecular complexity index is 839. The SMILES string of the molecule is NC(=O)c1cccc(NC(=O)CCc2nc3ncccc3[nH]2)c1. The highest BCUT2D eigenvalue weighted by Crippen LogP contribution is 2.12. The van der Waals surface area contributed by atoms with Crippen molar-refractivity contribution in [2.45, 2.75) is 12.8 Å². The first-order chi connectivity index (χ1) is 11.1. The molecule has 4 N–H and O–H groups in total. The second kappa shape index (κ2) is 6.27. The third-order valence-corrected chi connectivity index (χ3v) is 3.33. The molecule has 0 aliphatic carbocycles. The molecule has 3 rings (SSSR count). The van der Waals surface area contributed by atoms with Crippen molar-refractivity contribution >= 4 is 28.7 Å². The molecule has 0 aliphatic heterocycles. The highest BCUT2D eigenvalue weighted by molar-refractivity contribution is 5.96. The van der Waals surface area contributed by atoms with Gasteiger partial charge in [-0.05, 0) is 30.3 Å². The molecule has 23 heavy (non-hydrogen) atoms. The molecular weight excluding hydrogens is 294 g/mol. The van der Waals surface area contributed by atoms with Gasteiger partial charge in [0.25, 0.3) is 0 Å². The van der Waals surface area contributed by atoms with Crippen molar-refractivity contribution in [1.82, 2.24) is 15.0 Å². The standard InChI is InChI=1S/C16H15N5O2/c17-15(23)10-3-1-4-11(9-10)19-14(22)7-6-13-20-12-5-2-8-18-16(12)21-13/h1-5,8-9H,6-7H2,(H2,17,23)(H,19,22)(H,18,20,21). The van der Waals surface area contributed by atoms with E-state index in [1.165, 1.54) is 0 Å². The van der Waals surface area contributed by atoms with Crippen LogP contribution < -0.4 is 11.1 Å². The van der Waals surface area contributed by atoms with Crippen LogP contribution in [0, 0.1) is 0 Å². The van der Waals surface area contributed by atoms with Gasteiger partial charge in [0, 0.05) is 30.3 Å². The van der Waals surface area contributed by atoms with Gasteiger partial charge in [-0.2, -0.15) is 0 Å². The number of amides is 2. The lowest BCUT2D eigenvalue weighted by molar-refractivity contribution is -0.116. The van der Waals surface area contributed by atoms with Crippen molar-refractivity contribution in [3.05, 3.63) is 54.0 Å². The monoisotopic (exact) mass is 309 g/mol. The molecule has 0 atom stereocenters. The van der Waals surface area contributed by atoms with Gasteiger partial charge in [-0.3, -0.25) is 9.59 Å². The Labute approximate surface area is 131 Å². The van der Waals surface area contributed by atoms with Crippen molar-refractivity contribution < 1.29 is 9.59 Å². The maximum Gasteiger partial charge on any atom is 0.248 e. The van der Waals surface area contributed by atoms with E-state index in [2.05, 4.69) is 20.3 Å². The molecule has 116 valence electrons. The van der Waals surface area contributed by atoms with Gasteiger partial charge in [0.2, 0.25) is 11.8 Å². The fourth-order valence-corrected chi connectivity index (χ4v) is 2.22. The number of nitrogens with two attached hydrogens (primary N) is 1. The van der Waals surface area contributed by atoms with Gasteiger partial charge >= 0.3 is 0 Å². The van der Waals surface area contributed by atoms with E-state index in [0.29, 0.717) is 29.1 Å². The van der Waals surface area contributed by atoms with Crippen LogP contribution in [0.15, 0.2) is 42.6 Å². The molecule has 7 nitrogen and oxygen atoms in total. The number of imidazole rings is 1. The first-order valence-electron chi connectivity index (χ1n) is 7.11. The quantitative estimate of drug-likeness (QED) is 0.664. The number of pyridine rings is 1. The van der Waals surface area contributed by atoms with E-state index >= 15 is 0 Å². The lowest BCUT2D eigenvalue weighted by Gasteiger charge is -2.05. The number of hydrogen-bond donors (Lipinski definition) is 3. The highest BCUT2D eigenvalue weighted by Gasteiger charge is 2.08. The van der Waals surface area contributed by atoms with Crippen molar-refractivity contribution in [3.63, 3.8) is 0 Å². The van der Waals surface area contributed by atoms with Crippen molar-refractivity contribution in [3.8, 4) is 0 Å². The van der Waals surface area contributed by atoms with Crippen molar-refractivity contribution in [2.24, 2.45) is 5.73 Å². The van der Waals surface area contributed by atoms with Crippen molar-refractivity contribution in [2.75, 3.05) is 5.32 Å². The Morgan fingerprint density at radius 1 is 1.22 bits per heavy atom. The van der Waals surface area contributed by atoms with E-state index in [1.54, 1.807) is 30.5 Å². The minimum Gasteiger partial charge on any atom is -0.366 e. The number of aromatic amines is 1. The number of fused-ring (bicyclic) bond motifs is 1. The summed E-state index contributed by atoms with van der Waals surface area (Å²) in [6, 6.07) is 10.2. The lowest BCUT2D eigenvalue weighted by atomic mass is 10.2. The first-order valence-corrected chi connectivity index (χ1v) is 7.11. The number of hydrogen-bond acceptors (Lipinski definition) is 4. The molecule has 2 aromatic heterocycles. The number of primary amides is 1. The molecule has 2 heterocycles. The molecule has 0 aliphatic rings. The number of carbonyl (C=O) groups excluding carboxylic acids is 2. The van der Waals surface area contributed by atoms with Gasteiger partial charge in [-0.15, -0.1) is 0 Å². The van der Waals surface area contributed by atoms with Gasteiger partial charge in [-0.1, -0.05) is 6.07 Å². The van der Waals surface area contributed by atoms with Crippen LogP contribution in [0.3, 0.4) is 0 Å². The third kappa shape index (κ3) is 3.52. The number of aryl methyl sites for hydroxylation is 1. The summed E-state index contributed by atoms with van der Waals surface area (Å²) >= 11 is 0. The molecule has 1 aromatic carbocycles. The number of benzene rings is 1. The number of nitrogens with zero attached hydrogens (tertiary/aromatic N) is 2. The second-order valence-electron chi connectivity index (χ2n) is 5.05. The Hall–Kier alpha value is -3.22. The van der Waals surface area contributed by atoms with Crippen LogP contribution in [0.1, 0.15) is 22.6 Å². The van der Waals surface area contributed by atoms with Gasteiger partial charge in [-0.25, -0.2) is 9.97 Å². The summed E-state index contributed by atoms with van der Waals surface area (Å²) in [4.78, 5) is 34.7. The van der Waals surface area contributed by atoms with E-state index in [9.17, 15) is 9.59 Å². The molecule has 0 saturated heterocycles. The van der Waals surface area contributed by atoms with E-state index in [0.717, 1.165) is 5.52 Å². The Kier molecular flexibility index (Phi) is 4.01. The fraction of sp³-hybridized carbons (Fsp3) is 0.125. The number of aromatic nitrogens is 3. The van der Waals surface area contributed by atoms with E-state index in [4.69, 9.17) is 5.73 Å². The molecule has 0 spiro atoms. The van der Waals surface area contributed by atoms with Gasteiger partial charge in [0.05, 0.1) is 5.52 Å². The zero-order chi connectivity index (χ0) is 16.2. The molecule has 3 aromatic rings. The summed E-state index contributed by atoms with van der Waals surface area (Å²) in [6.07, 6.45) is 2.41. The maximum absolute atomic E-state index is 12.0. The zero-order valence-corrected chi connectivity index (χ0v) is 12.2. The van der Waals surface area contributed by atoms with Crippen LogP contribution in [0.25, 0.3) is 11.2 Å². The summed E-state index contributed by atoms with van der Waals surface area (Å²) in [5.74, 6) is 0.00986. The van der Waals surface area contributed by atoms with Crippen LogP contribution in [0.4, 0.5) is 5.69 Å². The second-order valence-corrected chi connectivity index (χ2v) is 5.05. The molecule has 7 heteroatoms. The lowest BCUT2D eigenvalue weighted by Crippen LogP contribution is -2.14. The molecule has 0 saturated carbocycles. The molecule has 0 bridgehead atoms.